The number of anilines is 1. The molecule has 0 aliphatic carbocycles. The molecular weight excluding hydrogens is 521 g/mol. The standard InChI is InChI=1S/C27H29F3N2O5S/c1-17(2)32(26(33)31-25-18(3)8-6-9-19(25)4)16-20-12-13-23(36-5)24(14-20)37-38(34,35)22-11-7-10-21(15-22)27(28,29)30/h6-15,17H,16H2,1-5H3,(H,31,33). The highest BCUT2D eigenvalue weighted by Crippen LogP contribution is 2.34. The summed E-state index contributed by atoms with van der Waals surface area (Å²) in [5.74, 6) is -0.165. The number of nitrogens with one attached hydrogen (secondary N) is 1. The Kier molecular flexibility index (Phi) is 8.61. The van der Waals surface area contributed by atoms with Crippen LogP contribution in [-0.2, 0) is 22.8 Å². The summed E-state index contributed by atoms with van der Waals surface area (Å²) in [7, 11) is -3.33. The predicted octanol–water partition coefficient (Wildman–Crippen LogP) is 6.54. The first-order chi connectivity index (χ1) is 17.7. The molecule has 0 saturated heterocycles. The molecule has 3 aromatic rings. The first-order valence-corrected chi connectivity index (χ1v) is 13.1. The van der Waals surface area contributed by atoms with Crippen molar-refractivity contribution in [1.29, 1.82) is 0 Å². The Balaban J connectivity index is 1.89. The highest BCUT2D eigenvalue weighted by atomic mass is 32.2. The van der Waals surface area contributed by atoms with Crippen LogP contribution in [0.15, 0.2) is 65.6 Å². The molecule has 0 atom stereocenters. The molecular formula is C27H29F3N2O5S. The molecule has 0 unspecified atom stereocenters. The molecule has 3 rings (SSSR count). The molecule has 0 heterocycles. The molecule has 1 N–H and O–H groups in total. The van der Waals surface area contributed by atoms with E-state index in [2.05, 4.69) is 5.32 Å². The maximum atomic E-state index is 13.2. The highest BCUT2D eigenvalue weighted by Gasteiger charge is 2.32. The summed E-state index contributed by atoms with van der Waals surface area (Å²) < 4.78 is 75.4. The number of nitrogens with zero attached hydrogens (tertiary/aromatic N) is 1. The number of rotatable bonds is 8. The van der Waals surface area contributed by atoms with E-state index in [1.165, 1.54) is 19.2 Å². The van der Waals surface area contributed by atoms with Gasteiger partial charge in [-0.05, 0) is 74.7 Å². The van der Waals surface area contributed by atoms with Crippen molar-refractivity contribution in [2.75, 3.05) is 12.4 Å². The molecule has 0 spiro atoms. The summed E-state index contributed by atoms with van der Waals surface area (Å²) >= 11 is 0. The third kappa shape index (κ3) is 6.77. The minimum atomic E-state index is -4.72. The number of carbonyl (C=O) groups is 1. The van der Waals surface area contributed by atoms with Crippen LogP contribution in [0.3, 0.4) is 0 Å². The van der Waals surface area contributed by atoms with E-state index in [9.17, 15) is 26.4 Å². The fourth-order valence-corrected chi connectivity index (χ4v) is 4.73. The van der Waals surface area contributed by atoms with Crippen LogP contribution in [0.1, 0.15) is 36.1 Å². The Morgan fingerprint density at radius 2 is 1.61 bits per heavy atom. The van der Waals surface area contributed by atoms with Crippen LogP contribution in [-0.4, -0.2) is 32.5 Å². The lowest BCUT2D eigenvalue weighted by Gasteiger charge is -2.28. The van der Waals surface area contributed by atoms with Crippen LogP contribution in [0, 0.1) is 13.8 Å². The van der Waals surface area contributed by atoms with Gasteiger partial charge in [-0.1, -0.05) is 30.3 Å². The second-order valence-corrected chi connectivity index (χ2v) is 10.5. The van der Waals surface area contributed by atoms with Crippen LogP contribution in [0.4, 0.5) is 23.7 Å². The van der Waals surface area contributed by atoms with Crippen molar-refractivity contribution in [2.45, 2.75) is 51.4 Å². The Morgan fingerprint density at radius 1 is 0.974 bits per heavy atom. The van der Waals surface area contributed by atoms with Crippen LogP contribution < -0.4 is 14.2 Å². The number of urea groups is 1. The minimum Gasteiger partial charge on any atom is -0.493 e. The van der Waals surface area contributed by atoms with Gasteiger partial charge in [0.05, 0.1) is 12.7 Å². The molecule has 11 heteroatoms. The molecule has 0 saturated carbocycles. The van der Waals surface area contributed by atoms with E-state index in [4.69, 9.17) is 8.92 Å². The molecule has 0 aliphatic heterocycles. The van der Waals surface area contributed by atoms with Gasteiger partial charge in [0.1, 0.15) is 4.90 Å². The van der Waals surface area contributed by atoms with Crippen molar-refractivity contribution >= 4 is 21.8 Å². The number of benzene rings is 3. The average molecular weight is 551 g/mol. The van der Waals surface area contributed by atoms with E-state index in [0.717, 1.165) is 29.3 Å². The number of aryl methyl sites for hydroxylation is 2. The van der Waals surface area contributed by atoms with Crippen LogP contribution >= 0.6 is 0 Å². The average Bonchev–Trinajstić information content (AvgIpc) is 2.84. The molecule has 38 heavy (non-hydrogen) atoms. The third-order valence-electron chi connectivity index (χ3n) is 5.83. The van der Waals surface area contributed by atoms with E-state index in [0.29, 0.717) is 17.3 Å². The van der Waals surface area contributed by atoms with Crippen molar-refractivity contribution in [1.82, 2.24) is 4.90 Å². The lowest BCUT2D eigenvalue weighted by Crippen LogP contribution is -2.39. The monoisotopic (exact) mass is 550 g/mol. The summed E-state index contributed by atoms with van der Waals surface area (Å²) in [5.41, 5.74) is 1.91. The predicted molar refractivity (Wildman–Crippen MR) is 138 cm³/mol. The topological polar surface area (TPSA) is 84.9 Å². The molecule has 0 fully saturated rings. The number of halogens is 3. The number of para-hydroxylation sites is 1. The minimum absolute atomic E-state index is 0.0559. The van der Waals surface area contributed by atoms with Gasteiger partial charge < -0.3 is 19.1 Å². The van der Waals surface area contributed by atoms with Gasteiger partial charge in [-0.25, -0.2) is 4.79 Å². The molecule has 0 radical (unpaired) electrons. The number of carbonyl (C=O) groups excluding carboxylic acids is 1. The number of methoxy groups -OCH3 is 1. The molecule has 2 amide bonds. The first kappa shape index (κ1) is 28.8. The van der Waals surface area contributed by atoms with Crippen molar-refractivity contribution in [3.8, 4) is 11.5 Å². The molecule has 0 aliphatic rings. The van der Waals surface area contributed by atoms with E-state index in [1.807, 2.05) is 45.9 Å². The third-order valence-corrected chi connectivity index (χ3v) is 7.06. The van der Waals surface area contributed by atoms with Crippen molar-refractivity contribution in [2.24, 2.45) is 0 Å². The highest BCUT2D eigenvalue weighted by molar-refractivity contribution is 7.87. The first-order valence-electron chi connectivity index (χ1n) is 11.7. The largest absolute Gasteiger partial charge is 0.493 e. The number of hydrogen-bond donors (Lipinski definition) is 1. The molecule has 0 bridgehead atoms. The van der Waals surface area contributed by atoms with Gasteiger partial charge in [-0.2, -0.15) is 21.6 Å². The lowest BCUT2D eigenvalue weighted by atomic mass is 10.1. The SMILES string of the molecule is COc1ccc(CN(C(=O)Nc2c(C)cccc2C)C(C)C)cc1OS(=O)(=O)c1cccc(C(F)(F)F)c1. The van der Waals surface area contributed by atoms with Gasteiger partial charge >= 0.3 is 22.3 Å². The Morgan fingerprint density at radius 3 is 2.18 bits per heavy atom. The van der Waals surface area contributed by atoms with Gasteiger partial charge in [0.15, 0.2) is 11.5 Å². The van der Waals surface area contributed by atoms with Gasteiger partial charge in [0, 0.05) is 18.3 Å². The van der Waals surface area contributed by atoms with Crippen LogP contribution in [0.2, 0.25) is 0 Å². The second-order valence-electron chi connectivity index (χ2n) is 8.97. The summed E-state index contributed by atoms with van der Waals surface area (Å²) in [6.07, 6.45) is -4.72. The van der Waals surface area contributed by atoms with Gasteiger partial charge in [0.25, 0.3) is 0 Å². The van der Waals surface area contributed by atoms with Crippen molar-refractivity contribution in [3.63, 3.8) is 0 Å². The maximum absolute atomic E-state index is 13.2. The molecule has 7 nitrogen and oxygen atoms in total. The number of amides is 2. The molecule has 3 aromatic carbocycles. The normalized spacial score (nSPS) is 11.8. The zero-order valence-electron chi connectivity index (χ0n) is 21.6. The van der Waals surface area contributed by atoms with E-state index in [1.54, 1.807) is 11.0 Å². The Labute approximate surface area is 220 Å². The summed E-state index contributed by atoms with van der Waals surface area (Å²) in [5, 5.41) is 2.94. The zero-order valence-corrected chi connectivity index (χ0v) is 22.4. The number of hydrogen-bond acceptors (Lipinski definition) is 5. The van der Waals surface area contributed by atoms with Crippen molar-refractivity contribution in [3.05, 3.63) is 82.9 Å². The molecule has 204 valence electrons. The van der Waals surface area contributed by atoms with E-state index in [-0.39, 0.29) is 30.1 Å². The maximum Gasteiger partial charge on any atom is 0.416 e. The summed E-state index contributed by atoms with van der Waals surface area (Å²) in [6.45, 7) is 7.55. The van der Waals surface area contributed by atoms with Gasteiger partial charge in [-0.3, -0.25) is 0 Å². The Bertz CT molecular complexity index is 1400. The fourth-order valence-electron chi connectivity index (χ4n) is 3.75. The van der Waals surface area contributed by atoms with E-state index >= 15 is 0 Å². The summed E-state index contributed by atoms with van der Waals surface area (Å²) in [4.78, 5) is 14.1. The van der Waals surface area contributed by atoms with Gasteiger partial charge in [0.2, 0.25) is 0 Å². The number of ether oxygens (including phenoxy) is 1. The second kappa shape index (κ2) is 11.3. The van der Waals surface area contributed by atoms with Gasteiger partial charge in [-0.15, -0.1) is 0 Å². The fraction of sp³-hybridized carbons (Fsp3) is 0.296. The van der Waals surface area contributed by atoms with E-state index < -0.39 is 26.8 Å². The zero-order chi connectivity index (χ0) is 28.3. The lowest BCUT2D eigenvalue weighted by molar-refractivity contribution is -0.137. The van der Waals surface area contributed by atoms with Crippen LogP contribution in [0.5, 0.6) is 11.5 Å². The summed E-state index contributed by atoms with van der Waals surface area (Å²) in [6, 6.07) is 12.9. The van der Waals surface area contributed by atoms with Crippen molar-refractivity contribution < 1.29 is 35.3 Å². The quantitative estimate of drug-likeness (QED) is 0.322. The molecule has 0 aromatic heterocycles. The smallest absolute Gasteiger partial charge is 0.416 e. The Hall–Kier alpha value is -3.73. The number of alkyl halides is 3. The van der Waals surface area contributed by atoms with Crippen LogP contribution in [0.25, 0.3) is 0 Å².